The van der Waals surface area contributed by atoms with Crippen molar-refractivity contribution in [3.8, 4) is 5.75 Å². The molecule has 1 aromatic carbocycles. The number of nitrogens with one attached hydrogen (secondary N) is 2. The lowest BCUT2D eigenvalue weighted by Gasteiger charge is -2.11. The van der Waals surface area contributed by atoms with Crippen LogP contribution in [0.3, 0.4) is 0 Å². The van der Waals surface area contributed by atoms with Crippen molar-refractivity contribution in [1.82, 2.24) is 15.0 Å². The minimum absolute atomic E-state index is 0.0205. The fourth-order valence-electron chi connectivity index (χ4n) is 1.92. The number of carbonyl (C=O) groups is 1. The molecular formula is C15H17N3O4S. The highest BCUT2D eigenvalue weighted by atomic mass is 32.2. The average Bonchev–Trinajstić information content (AvgIpc) is 2.59. The maximum absolute atomic E-state index is 12.4. The second kappa shape index (κ2) is 7.21. The highest BCUT2D eigenvalue weighted by Crippen LogP contribution is 2.22. The fourth-order valence-corrected chi connectivity index (χ4v) is 2.95. The Bertz CT molecular complexity index is 792. The summed E-state index contributed by atoms with van der Waals surface area (Å²) >= 11 is 0. The van der Waals surface area contributed by atoms with E-state index in [0.717, 1.165) is 0 Å². The number of pyridine rings is 1. The van der Waals surface area contributed by atoms with Gasteiger partial charge in [0, 0.05) is 13.2 Å². The Morgan fingerprint density at radius 2 is 2.04 bits per heavy atom. The van der Waals surface area contributed by atoms with E-state index in [1.54, 1.807) is 24.4 Å². The molecule has 2 aromatic rings. The minimum atomic E-state index is -3.77. The topological polar surface area (TPSA) is 97.4 Å². The van der Waals surface area contributed by atoms with Crippen LogP contribution in [0.2, 0.25) is 0 Å². The number of carbonyl (C=O) groups excluding carboxylic acids is 1. The van der Waals surface area contributed by atoms with Gasteiger partial charge in [-0.05, 0) is 30.3 Å². The average molecular weight is 335 g/mol. The van der Waals surface area contributed by atoms with Crippen molar-refractivity contribution in [1.29, 1.82) is 0 Å². The Labute approximate surface area is 134 Å². The van der Waals surface area contributed by atoms with Gasteiger partial charge in [-0.15, -0.1) is 0 Å². The van der Waals surface area contributed by atoms with E-state index < -0.39 is 15.9 Å². The van der Waals surface area contributed by atoms with Gasteiger partial charge in [0.25, 0.3) is 5.91 Å². The van der Waals surface area contributed by atoms with Gasteiger partial charge in [0.2, 0.25) is 10.0 Å². The molecular weight excluding hydrogens is 318 g/mol. The van der Waals surface area contributed by atoms with E-state index in [1.165, 1.54) is 32.4 Å². The van der Waals surface area contributed by atoms with Gasteiger partial charge >= 0.3 is 0 Å². The van der Waals surface area contributed by atoms with E-state index in [4.69, 9.17) is 4.74 Å². The van der Waals surface area contributed by atoms with Crippen molar-refractivity contribution < 1.29 is 17.9 Å². The number of ether oxygens (including phenoxy) is 1. The number of hydrogen-bond donors (Lipinski definition) is 2. The molecule has 1 amide bonds. The molecule has 0 saturated heterocycles. The maximum atomic E-state index is 12.4. The molecule has 7 nitrogen and oxygen atoms in total. The Kier molecular flexibility index (Phi) is 5.30. The zero-order chi connectivity index (χ0) is 16.9. The number of rotatable bonds is 6. The smallest absolute Gasteiger partial charge is 0.254 e. The molecule has 1 heterocycles. The third kappa shape index (κ3) is 4.05. The van der Waals surface area contributed by atoms with Crippen LogP contribution in [0.4, 0.5) is 0 Å². The molecule has 0 spiro atoms. The van der Waals surface area contributed by atoms with E-state index in [1.807, 2.05) is 0 Å². The first-order chi connectivity index (χ1) is 11.0. The lowest BCUT2D eigenvalue weighted by atomic mass is 10.2. The van der Waals surface area contributed by atoms with Gasteiger partial charge in [0.1, 0.15) is 5.75 Å². The largest absolute Gasteiger partial charge is 0.496 e. The molecule has 0 aliphatic heterocycles. The van der Waals surface area contributed by atoms with Gasteiger partial charge in [-0.2, -0.15) is 0 Å². The SMILES string of the molecule is CNC(=O)c1cc(S(=O)(=O)NCc2ccccn2)ccc1OC. The molecule has 122 valence electrons. The van der Waals surface area contributed by atoms with Crippen LogP contribution in [-0.2, 0) is 16.6 Å². The van der Waals surface area contributed by atoms with Gasteiger partial charge in [-0.3, -0.25) is 9.78 Å². The van der Waals surface area contributed by atoms with Crippen LogP contribution >= 0.6 is 0 Å². The van der Waals surface area contributed by atoms with Crippen LogP contribution in [-0.4, -0.2) is 33.5 Å². The van der Waals surface area contributed by atoms with Crippen molar-refractivity contribution in [2.75, 3.05) is 14.2 Å². The summed E-state index contributed by atoms with van der Waals surface area (Å²) in [5.41, 5.74) is 0.742. The molecule has 1 aromatic heterocycles. The van der Waals surface area contributed by atoms with Crippen LogP contribution in [0, 0.1) is 0 Å². The van der Waals surface area contributed by atoms with E-state index >= 15 is 0 Å². The molecule has 2 N–H and O–H groups in total. The second-order valence-electron chi connectivity index (χ2n) is 4.59. The summed E-state index contributed by atoms with van der Waals surface area (Å²) in [4.78, 5) is 15.9. The predicted molar refractivity (Wildman–Crippen MR) is 84.6 cm³/mol. The third-order valence-electron chi connectivity index (χ3n) is 3.12. The molecule has 0 fully saturated rings. The standard InChI is InChI=1S/C15H17N3O4S/c1-16-15(19)13-9-12(6-7-14(13)22-2)23(20,21)18-10-11-5-3-4-8-17-11/h3-9,18H,10H2,1-2H3,(H,16,19). The Morgan fingerprint density at radius 1 is 1.26 bits per heavy atom. The van der Waals surface area contributed by atoms with Crippen LogP contribution in [0.25, 0.3) is 0 Å². The summed E-state index contributed by atoms with van der Waals surface area (Å²) in [5.74, 6) is -0.128. The first-order valence-electron chi connectivity index (χ1n) is 6.77. The van der Waals surface area contributed by atoms with Crippen molar-refractivity contribution in [2.24, 2.45) is 0 Å². The molecule has 0 radical (unpaired) electrons. The van der Waals surface area contributed by atoms with E-state index in [9.17, 15) is 13.2 Å². The van der Waals surface area contributed by atoms with Gasteiger partial charge < -0.3 is 10.1 Å². The lowest BCUT2D eigenvalue weighted by Crippen LogP contribution is -2.25. The zero-order valence-corrected chi connectivity index (χ0v) is 13.6. The van der Waals surface area contributed by atoms with Crippen molar-refractivity contribution >= 4 is 15.9 Å². The molecule has 8 heteroatoms. The molecule has 0 aliphatic carbocycles. The highest BCUT2D eigenvalue weighted by molar-refractivity contribution is 7.89. The second-order valence-corrected chi connectivity index (χ2v) is 6.35. The zero-order valence-electron chi connectivity index (χ0n) is 12.7. The maximum Gasteiger partial charge on any atom is 0.254 e. The fraction of sp³-hybridized carbons (Fsp3) is 0.200. The number of nitrogens with zero attached hydrogens (tertiary/aromatic N) is 1. The van der Waals surface area contributed by atoms with Crippen molar-refractivity contribution in [3.05, 3.63) is 53.9 Å². The predicted octanol–water partition coefficient (Wildman–Crippen LogP) is 0.928. The number of aromatic nitrogens is 1. The molecule has 0 unspecified atom stereocenters. The summed E-state index contributed by atoms with van der Waals surface area (Å²) in [6.45, 7) is 0.0600. The minimum Gasteiger partial charge on any atom is -0.496 e. The first kappa shape index (κ1) is 16.9. The van der Waals surface area contributed by atoms with Gasteiger partial charge in [0.15, 0.2) is 0 Å². The van der Waals surface area contributed by atoms with Crippen LogP contribution < -0.4 is 14.8 Å². The van der Waals surface area contributed by atoms with Crippen molar-refractivity contribution in [3.63, 3.8) is 0 Å². The Morgan fingerprint density at radius 3 is 2.65 bits per heavy atom. The number of methoxy groups -OCH3 is 1. The molecule has 0 aliphatic rings. The van der Waals surface area contributed by atoms with Gasteiger partial charge in [-0.25, -0.2) is 13.1 Å². The van der Waals surface area contributed by atoms with E-state index in [0.29, 0.717) is 11.4 Å². The first-order valence-corrected chi connectivity index (χ1v) is 8.26. The lowest BCUT2D eigenvalue weighted by molar-refractivity contribution is 0.0960. The molecule has 0 bridgehead atoms. The van der Waals surface area contributed by atoms with E-state index in [-0.39, 0.29) is 17.0 Å². The van der Waals surface area contributed by atoms with E-state index in [2.05, 4.69) is 15.0 Å². The molecule has 23 heavy (non-hydrogen) atoms. The highest BCUT2D eigenvalue weighted by Gasteiger charge is 2.19. The Balaban J connectivity index is 2.27. The number of sulfonamides is 1. The number of amides is 1. The summed E-state index contributed by atoms with van der Waals surface area (Å²) < 4.78 is 32.2. The van der Waals surface area contributed by atoms with Crippen molar-refractivity contribution in [2.45, 2.75) is 11.4 Å². The Hall–Kier alpha value is -2.45. The summed E-state index contributed by atoms with van der Waals surface area (Å²) in [7, 11) is -0.901. The van der Waals surface area contributed by atoms with Crippen LogP contribution in [0.15, 0.2) is 47.5 Å². The molecule has 0 atom stereocenters. The summed E-state index contributed by atoms with van der Waals surface area (Å²) in [6, 6.07) is 9.33. The normalized spacial score (nSPS) is 11.0. The molecule has 0 saturated carbocycles. The third-order valence-corrected chi connectivity index (χ3v) is 4.52. The summed E-state index contributed by atoms with van der Waals surface area (Å²) in [5, 5.41) is 2.45. The molecule has 2 rings (SSSR count). The van der Waals surface area contributed by atoms with Gasteiger partial charge in [0.05, 0.1) is 29.8 Å². The van der Waals surface area contributed by atoms with Crippen LogP contribution in [0.5, 0.6) is 5.75 Å². The summed E-state index contributed by atoms with van der Waals surface area (Å²) in [6.07, 6.45) is 1.58. The van der Waals surface area contributed by atoms with Gasteiger partial charge in [-0.1, -0.05) is 6.07 Å². The number of benzene rings is 1. The number of hydrogen-bond acceptors (Lipinski definition) is 5. The quantitative estimate of drug-likeness (QED) is 0.818. The van der Waals surface area contributed by atoms with Crippen LogP contribution in [0.1, 0.15) is 16.1 Å². The monoisotopic (exact) mass is 335 g/mol.